The van der Waals surface area contributed by atoms with Gasteiger partial charge >= 0.3 is 0 Å². The quantitative estimate of drug-likeness (QED) is 0.450. The van der Waals surface area contributed by atoms with Crippen molar-refractivity contribution < 1.29 is 0 Å². The fraction of sp³-hybridized carbons (Fsp3) is 0.100. The highest BCUT2D eigenvalue weighted by molar-refractivity contribution is 5.82. The van der Waals surface area contributed by atoms with Crippen molar-refractivity contribution in [1.29, 1.82) is 0 Å². The lowest BCUT2D eigenvalue weighted by Gasteiger charge is -1.96. The topological polar surface area (TPSA) is 25.8 Å². The molecule has 0 radical (unpaired) electrons. The van der Waals surface area contributed by atoms with Crippen molar-refractivity contribution in [3.63, 3.8) is 0 Å². The van der Waals surface area contributed by atoms with E-state index in [1.165, 1.54) is 32.7 Å². The maximum absolute atomic E-state index is 4.05. The normalized spacial score (nSPS) is 10.3. The van der Waals surface area contributed by atoms with Gasteiger partial charge in [0, 0.05) is 35.6 Å². The zero-order valence-corrected chi connectivity index (χ0v) is 12.8. The molecule has 0 aliphatic carbocycles. The summed E-state index contributed by atoms with van der Waals surface area (Å²) in [6.07, 6.45) is 7.41. The molecule has 0 saturated heterocycles. The van der Waals surface area contributed by atoms with Gasteiger partial charge in [-0.25, -0.2) is 0 Å². The zero-order chi connectivity index (χ0) is 15.4. The van der Waals surface area contributed by atoms with E-state index >= 15 is 0 Å². The Labute approximate surface area is 130 Å². The number of benzene rings is 2. The standard InChI is InChI=1S/2C10H9N/c1-8-2-3-10-7-11-5-4-9(10)6-8;1-8-2-3-9-4-5-11-7-10(9)6-8/h2*2-7H,1H3. The minimum Gasteiger partial charge on any atom is -0.264 e. The zero-order valence-electron chi connectivity index (χ0n) is 12.8. The van der Waals surface area contributed by atoms with Gasteiger partial charge in [-0.1, -0.05) is 41.5 Å². The predicted octanol–water partition coefficient (Wildman–Crippen LogP) is 5.09. The van der Waals surface area contributed by atoms with Crippen molar-refractivity contribution in [3.05, 3.63) is 84.4 Å². The molecule has 0 N–H and O–H groups in total. The minimum absolute atomic E-state index is 1.21. The largest absolute Gasteiger partial charge is 0.264 e. The fourth-order valence-corrected chi connectivity index (χ4v) is 2.41. The van der Waals surface area contributed by atoms with Gasteiger partial charge < -0.3 is 0 Å². The first-order chi connectivity index (χ1) is 10.7. The van der Waals surface area contributed by atoms with Crippen molar-refractivity contribution in [2.75, 3.05) is 0 Å². The molecular formula is C20H18N2. The molecule has 108 valence electrons. The van der Waals surface area contributed by atoms with Gasteiger partial charge in [-0.3, -0.25) is 9.97 Å². The Morgan fingerprint density at radius 2 is 1.09 bits per heavy atom. The van der Waals surface area contributed by atoms with E-state index in [4.69, 9.17) is 0 Å². The Morgan fingerprint density at radius 1 is 0.545 bits per heavy atom. The molecule has 0 aliphatic heterocycles. The number of fused-ring (bicyclic) bond motifs is 2. The van der Waals surface area contributed by atoms with Gasteiger partial charge in [-0.05, 0) is 42.8 Å². The molecule has 0 unspecified atom stereocenters. The maximum atomic E-state index is 4.05. The maximum Gasteiger partial charge on any atom is 0.0346 e. The van der Waals surface area contributed by atoms with Gasteiger partial charge in [-0.2, -0.15) is 0 Å². The molecule has 2 heteroatoms. The molecule has 0 spiro atoms. The van der Waals surface area contributed by atoms with Crippen molar-refractivity contribution >= 4 is 21.5 Å². The number of rotatable bonds is 0. The van der Waals surface area contributed by atoms with Gasteiger partial charge in [-0.15, -0.1) is 0 Å². The van der Waals surface area contributed by atoms with Crippen LogP contribution >= 0.6 is 0 Å². The van der Waals surface area contributed by atoms with E-state index in [1.807, 2.05) is 36.9 Å². The average Bonchev–Trinajstić information content (AvgIpc) is 2.55. The van der Waals surface area contributed by atoms with E-state index in [9.17, 15) is 0 Å². The summed E-state index contributed by atoms with van der Waals surface area (Å²) in [5, 5.41) is 4.94. The highest BCUT2D eigenvalue weighted by Crippen LogP contribution is 2.13. The first kappa shape index (κ1) is 14.2. The molecule has 0 amide bonds. The molecule has 0 atom stereocenters. The second-order valence-corrected chi connectivity index (χ2v) is 5.45. The van der Waals surface area contributed by atoms with E-state index in [-0.39, 0.29) is 0 Å². The summed E-state index contributed by atoms with van der Waals surface area (Å²) in [6.45, 7) is 4.19. The Hall–Kier alpha value is -2.74. The van der Waals surface area contributed by atoms with Gasteiger partial charge in [0.1, 0.15) is 0 Å². The summed E-state index contributed by atoms with van der Waals surface area (Å²) in [4.78, 5) is 8.10. The van der Waals surface area contributed by atoms with Crippen LogP contribution in [-0.4, -0.2) is 9.97 Å². The molecule has 4 rings (SSSR count). The van der Waals surface area contributed by atoms with Crippen LogP contribution in [0.2, 0.25) is 0 Å². The summed E-state index contributed by atoms with van der Waals surface area (Å²) in [5.41, 5.74) is 2.58. The number of aryl methyl sites for hydroxylation is 2. The number of hydrogen-bond acceptors (Lipinski definition) is 2. The molecule has 2 aromatic carbocycles. The van der Waals surface area contributed by atoms with Crippen molar-refractivity contribution in [2.45, 2.75) is 13.8 Å². The predicted molar refractivity (Wildman–Crippen MR) is 93.0 cm³/mol. The van der Waals surface area contributed by atoms with Gasteiger partial charge in [0.05, 0.1) is 0 Å². The van der Waals surface area contributed by atoms with Gasteiger partial charge in [0.15, 0.2) is 0 Å². The van der Waals surface area contributed by atoms with Crippen LogP contribution in [0.15, 0.2) is 73.3 Å². The SMILES string of the molecule is Cc1ccc2ccncc2c1.Cc1ccc2cnccc2c1. The second-order valence-electron chi connectivity index (χ2n) is 5.45. The summed E-state index contributed by atoms with van der Waals surface area (Å²) in [6, 6.07) is 16.8. The Kier molecular flexibility index (Phi) is 4.10. The molecule has 4 aromatic rings. The number of pyridine rings is 2. The molecule has 0 bridgehead atoms. The Morgan fingerprint density at radius 3 is 1.82 bits per heavy atom. The van der Waals surface area contributed by atoms with Gasteiger partial charge in [0.2, 0.25) is 0 Å². The molecule has 0 aliphatic rings. The lowest BCUT2D eigenvalue weighted by atomic mass is 10.1. The van der Waals surface area contributed by atoms with Crippen LogP contribution in [-0.2, 0) is 0 Å². The van der Waals surface area contributed by atoms with Crippen molar-refractivity contribution in [1.82, 2.24) is 9.97 Å². The van der Waals surface area contributed by atoms with Crippen LogP contribution < -0.4 is 0 Å². The summed E-state index contributed by atoms with van der Waals surface area (Å²) < 4.78 is 0. The molecule has 22 heavy (non-hydrogen) atoms. The van der Waals surface area contributed by atoms with Crippen LogP contribution in [0.1, 0.15) is 11.1 Å². The van der Waals surface area contributed by atoms with Crippen molar-refractivity contribution in [3.8, 4) is 0 Å². The van der Waals surface area contributed by atoms with Crippen LogP contribution in [0.3, 0.4) is 0 Å². The smallest absolute Gasteiger partial charge is 0.0346 e. The fourth-order valence-electron chi connectivity index (χ4n) is 2.41. The number of hydrogen-bond donors (Lipinski definition) is 0. The Bertz CT molecular complexity index is 836. The van der Waals surface area contributed by atoms with E-state index in [0.717, 1.165) is 0 Å². The second kappa shape index (κ2) is 6.35. The van der Waals surface area contributed by atoms with Crippen LogP contribution in [0.5, 0.6) is 0 Å². The lowest BCUT2D eigenvalue weighted by molar-refractivity contribution is 1.36. The van der Waals surface area contributed by atoms with E-state index < -0.39 is 0 Å². The average molecular weight is 286 g/mol. The summed E-state index contributed by atoms with van der Waals surface area (Å²) in [5.74, 6) is 0. The third-order valence-corrected chi connectivity index (χ3v) is 3.59. The summed E-state index contributed by atoms with van der Waals surface area (Å²) in [7, 11) is 0. The highest BCUT2D eigenvalue weighted by Gasteiger charge is 1.91. The molecule has 2 nitrogen and oxygen atoms in total. The third kappa shape index (κ3) is 3.29. The Balaban J connectivity index is 0.000000131. The molecule has 2 aromatic heterocycles. The minimum atomic E-state index is 1.21. The van der Waals surface area contributed by atoms with E-state index in [1.54, 1.807) is 0 Å². The molecule has 0 fully saturated rings. The van der Waals surface area contributed by atoms with E-state index in [0.29, 0.717) is 0 Å². The van der Waals surface area contributed by atoms with Crippen LogP contribution in [0.25, 0.3) is 21.5 Å². The lowest BCUT2D eigenvalue weighted by Crippen LogP contribution is -1.75. The highest BCUT2D eigenvalue weighted by atomic mass is 14.6. The summed E-state index contributed by atoms with van der Waals surface area (Å²) >= 11 is 0. The first-order valence-corrected chi connectivity index (χ1v) is 7.33. The molecular weight excluding hydrogens is 268 g/mol. The first-order valence-electron chi connectivity index (χ1n) is 7.33. The third-order valence-electron chi connectivity index (χ3n) is 3.59. The van der Waals surface area contributed by atoms with Crippen LogP contribution in [0, 0.1) is 13.8 Å². The number of aromatic nitrogens is 2. The molecule has 0 saturated carbocycles. The van der Waals surface area contributed by atoms with E-state index in [2.05, 4.69) is 60.2 Å². The number of nitrogens with zero attached hydrogens (tertiary/aromatic N) is 2. The van der Waals surface area contributed by atoms with Crippen LogP contribution in [0.4, 0.5) is 0 Å². The monoisotopic (exact) mass is 286 g/mol. The van der Waals surface area contributed by atoms with Crippen molar-refractivity contribution in [2.24, 2.45) is 0 Å². The van der Waals surface area contributed by atoms with Gasteiger partial charge in [0.25, 0.3) is 0 Å². The molecule has 2 heterocycles.